The van der Waals surface area contributed by atoms with Crippen molar-refractivity contribution in [2.75, 3.05) is 0 Å². The number of hydrogen-bond donors (Lipinski definition) is 0. The van der Waals surface area contributed by atoms with Gasteiger partial charge in [-0.25, -0.2) is 0 Å². The summed E-state index contributed by atoms with van der Waals surface area (Å²) in [6.45, 7) is 0. The van der Waals surface area contributed by atoms with Crippen molar-refractivity contribution in [2.45, 2.75) is 49.5 Å². The van der Waals surface area contributed by atoms with Crippen LogP contribution < -0.4 is 0 Å². The van der Waals surface area contributed by atoms with E-state index in [0.717, 1.165) is 30.5 Å². The van der Waals surface area contributed by atoms with E-state index in [1.807, 2.05) is 6.08 Å². The van der Waals surface area contributed by atoms with E-state index in [0.29, 0.717) is 17.7 Å². The number of benzene rings is 1. The molecule has 0 spiro atoms. The Morgan fingerprint density at radius 1 is 1.20 bits per heavy atom. The highest BCUT2D eigenvalue weighted by atomic mass is 35.5. The molecule has 1 aliphatic heterocycles. The predicted octanol–water partition coefficient (Wildman–Crippen LogP) is 4.28. The van der Waals surface area contributed by atoms with Crippen molar-refractivity contribution in [1.29, 1.82) is 0 Å². The zero-order chi connectivity index (χ0) is 13.9. The molecule has 0 bridgehead atoms. The van der Waals surface area contributed by atoms with Gasteiger partial charge in [-0.1, -0.05) is 30.7 Å². The maximum absolute atomic E-state index is 10.7. The summed E-state index contributed by atoms with van der Waals surface area (Å²) in [6, 6.07) is 8.53. The molecule has 0 N–H and O–H groups in total. The normalized spacial score (nSPS) is 29.6. The lowest BCUT2D eigenvalue weighted by molar-refractivity contribution is -0.113. The van der Waals surface area contributed by atoms with Gasteiger partial charge in [0, 0.05) is 17.4 Å². The van der Waals surface area contributed by atoms with Gasteiger partial charge in [-0.15, -0.1) is 11.6 Å². The molecule has 1 aromatic carbocycles. The van der Waals surface area contributed by atoms with Crippen LogP contribution in [0.15, 0.2) is 30.3 Å². The number of halogens is 1. The zero-order valence-corrected chi connectivity index (χ0v) is 12.2. The van der Waals surface area contributed by atoms with Crippen molar-refractivity contribution in [3.05, 3.63) is 41.5 Å². The molecular weight excluding hydrogens is 272 g/mol. The number of carbonyl (C=O) groups is 1. The van der Waals surface area contributed by atoms with Crippen LogP contribution in [0.5, 0.6) is 0 Å². The number of carbonyl (C=O) groups excluding carboxylic acids is 1. The van der Waals surface area contributed by atoms with E-state index < -0.39 is 0 Å². The molecule has 0 radical (unpaired) electrons. The summed E-state index contributed by atoms with van der Waals surface area (Å²) in [5.41, 5.74) is 2.42. The maximum atomic E-state index is 10.7. The summed E-state index contributed by atoms with van der Waals surface area (Å²) in [4.78, 5) is 10.7. The Labute approximate surface area is 124 Å². The van der Waals surface area contributed by atoms with Crippen LogP contribution in [-0.2, 0) is 9.53 Å². The molecule has 1 heterocycles. The monoisotopic (exact) mass is 290 g/mol. The van der Waals surface area contributed by atoms with Gasteiger partial charge in [0.1, 0.15) is 5.76 Å². The molecule has 0 amide bonds. The van der Waals surface area contributed by atoms with E-state index >= 15 is 0 Å². The molecule has 1 aliphatic carbocycles. The first-order valence-corrected chi connectivity index (χ1v) is 7.76. The van der Waals surface area contributed by atoms with Gasteiger partial charge in [0.15, 0.2) is 12.4 Å². The van der Waals surface area contributed by atoms with Crippen molar-refractivity contribution in [2.24, 2.45) is 0 Å². The minimum absolute atomic E-state index is 0.306. The summed E-state index contributed by atoms with van der Waals surface area (Å²) in [5, 5.41) is 0.322. The van der Waals surface area contributed by atoms with Gasteiger partial charge in [-0.05, 0) is 36.8 Å². The third-order valence-electron chi connectivity index (χ3n) is 4.24. The van der Waals surface area contributed by atoms with E-state index in [-0.39, 0.29) is 6.10 Å². The molecule has 2 aliphatic rings. The van der Waals surface area contributed by atoms with E-state index in [4.69, 9.17) is 16.3 Å². The molecule has 2 nitrogen and oxygen atoms in total. The van der Waals surface area contributed by atoms with Crippen LogP contribution in [0.25, 0.3) is 5.76 Å². The van der Waals surface area contributed by atoms with Crippen molar-refractivity contribution in [3.8, 4) is 0 Å². The summed E-state index contributed by atoms with van der Waals surface area (Å²) in [6.07, 6.45) is 7.89. The summed E-state index contributed by atoms with van der Waals surface area (Å²) in [7, 11) is 0. The summed E-state index contributed by atoms with van der Waals surface area (Å²) < 4.78 is 5.57. The molecule has 1 aromatic rings. The smallest absolute Gasteiger partial charge is 0.160 e. The van der Waals surface area contributed by atoms with Gasteiger partial charge in [0.25, 0.3) is 0 Å². The molecule has 0 saturated heterocycles. The fourth-order valence-corrected chi connectivity index (χ4v) is 3.47. The average molecular weight is 291 g/mol. The second-order valence-electron chi connectivity index (χ2n) is 5.68. The fraction of sp³-hybridized carbons (Fsp3) is 0.471. The number of hydrogen-bond acceptors (Lipinski definition) is 2. The Morgan fingerprint density at radius 3 is 2.65 bits per heavy atom. The molecular formula is C17H19ClO2. The Morgan fingerprint density at radius 2 is 2.00 bits per heavy atom. The highest BCUT2D eigenvalue weighted by Gasteiger charge is 2.22. The van der Waals surface area contributed by atoms with Crippen molar-refractivity contribution in [1.82, 2.24) is 0 Å². The number of alkyl halides is 1. The fourth-order valence-electron chi connectivity index (χ4n) is 3.10. The van der Waals surface area contributed by atoms with Crippen LogP contribution in [0.1, 0.15) is 49.1 Å². The predicted molar refractivity (Wildman–Crippen MR) is 80.8 cm³/mol. The Bertz CT molecular complexity index is 506. The summed E-state index contributed by atoms with van der Waals surface area (Å²) in [5.74, 6) is 1.41. The molecule has 1 saturated carbocycles. The van der Waals surface area contributed by atoms with Crippen LogP contribution in [0, 0.1) is 0 Å². The maximum Gasteiger partial charge on any atom is 0.160 e. The summed E-state index contributed by atoms with van der Waals surface area (Å²) >= 11 is 6.27. The second kappa shape index (κ2) is 6.01. The minimum atomic E-state index is -0.306. The first kappa shape index (κ1) is 13.7. The Hall–Kier alpha value is -1.28. The third-order valence-corrected chi connectivity index (χ3v) is 4.64. The van der Waals surface area contributed by atoms with Crippen LogP contribution in [0.4, 0.5) is 0 Å². The number of rotatable bonds is 3. The van der Waals surface area contributed by atoms with Gasteiger partial charge in [-0.2, -0.15) is 0 Å². The van der Waals surface area contributed by atoms with Crippen molar-refractivity contribution >= 4 is 23.6 Å². The number of ether oxygens (including phenoxy) is 1. The lowest BCUT2D eigenvalue weighted by Crippen LogP contribution is -2.13. The molecule has 106 valence electrons. The van der Waals surface area contributed by atoms with E-state index in [2.05, 4.69) is 24.3 Å². The zero-order valence-electron chi connectivity index (χ0n) is 11.4. The second-order valence-corrected chi connectivity index (χ2v) is 6.30. The van der Waals surface area contributed by atoms with Gasteiger partial charge in [-0.3, -0.25) is 4.79 Å². The van der Waals surface area contributed by atoms with E-state index in [1.165, 1.54) is 18.4 Å². The van der Waals surface area contributed by atoms with Crippen LogP contribution in [0.2, 0.25) is 0 Å². The molecule has 3 unspecified atom stereocenters. The lowest BCUT2D eigenvalue weighted by Gasteiger charge is -2.25. The van der Waals surface area contributed by atoms with Crippen molar-refractivity contribution in [3.63, 3.8) is 0 Å². The standard InChI is InChI=1S/C17H19ClO2/c18-15-3-1-2-14(10-15)12-4-6-13(7-5-12)17-9-8-16(11-19)20-17/h4-7,9,11,14-16H,1-3,8,10H2. The number of aldehydes is 1. The van der Waals surface area contributed by atoms with E-state index in [1.54, 1.807) is 0 Å². The lowest BCUT2D eigenvalue weighted by atomic mass is 9.83. The van der Waals surface area contributed by atoms with Crippen LogP contribution >= 0.6 is 11.6 Å². The first-order valence-electron chi connectivity index (χ1n) is 7.33. The quantitative estimate of drug-likeness (QED) is 0.613. The van der Waals surface area contributed by atoms with Crippen LogP contribution in [0.3, 0.4) is 0 Å². The molecule has 0 aromatic heterocycles. The highest BCUT2D eigenvalue weighted by molar-refractivity contribution is 6.20. The van der Waals surface area contributed by atoms with Gasteiger partial charge in [0.2, 0.25) is 0 Å². The first-order chi connectivity index (χ1) is 9.76. The van der Waals surface area contributed by atoms with Crippen molar-refractivity contribution < 1.29 is 9.53 Å². The Kier molecular flexibility index (Phi) is 4.11. The third kappa shape index (κ3) is 2.90. The average Bonchev–Trinajstić information content (AvgIpc) is 2.96. The van der Waals surface area contributed by atoms with E-state index in [9.17, 15) is 4.79 Å². The molecule has 1 fully saturated rings. The largest absolute Gasteiger partial charge is 0.482 e. The topological polar surface area (TPSA) is 26.3 Å². The molecule has 3 rings (SSSR count). The van der Waals surface area contributed by atoms with Crippen LogP contribution in [-0.4, -0.2) is 17.8 Å². The molecule has 3 heteroatoms. The Balaban J connectivity index is 1.70. The molecule has 20 heavy (non-hydrogen) atoms. The van der Waals surface area contributed by atoms with Gasteiger partial charge in [0.05, 0.1) is 0 Å². The molecule has 3 atom stereocenters. The minimum Gasteiger partial charge on any atom is -0.482 e. The highest BCUT2D eigenvalue weighted by Crippen LogP contribution is 2.36. The van der Waals surface area contributed by atoms with Gasteiger partial charge >= 0.3 is 0 Å². The van der Waals surface area contributed by atoms with Gasteiger partial charge < -0.3 is 4.74 Å². The SMILES string of the molecule is O=CC1CC=C(c2ccc(C3CCCC(Cl)C3)cc2)O1.